The number of rotatable bonds is 8. The Hall–Kier alpha value is -3.20. The minimum Gasteiger partial charge on any atom is -0.497 e. The monoisotopic (exact) mass is 400 g/mol. The molecule has 0 aliphatic carbocycles. The lowest BCUT2D eigenvalue weighted by Gasteiger charge is -2.06. The number of ether oxygens (including phenoxy) is 3. The van der Waals surface area contributed by atoms with E-state index >= 15 is 0 Å². The van der Waals surface area contributed by atoms with Crippen LogP contribution < -0.4 is 20.1 Å². The van der Waals surface area contributed by atoms with E-state index in [0.717, 1.165) is 28.8 Å². The standard InChI is InChI=1S/C19H20N4O4S/c1-3-26-15-8-10-16(11-9-15)27-17(24)12-28-19-22-21-18(23(19)20)13-4-6-14(25-2)7-5-13/h4-11H,3,12,20H2,1-2H3. The molecule has 0 aliphatic rings. The van der Waals surface area contributed by atoms with E-state index in [0.29, 0.717) is 23.3 Å². The Kier molecular flexibility index (Phi) is 6.38. The van der Waals surface area contributed by atoms with Gasteiger partial charge in [-0.05, 0) is 55.5 Å². The lowest BCUT2D eigenvalue weighted by molar-refractivity contribution is -0.131. The average molecular weight is 400 g/mol. The lowest BCUT2D eigenvalue weighted by atomic mass is 10.2. The first-order valence-corrected chi connectivity index (χ1v) is 9.50. The van der Waals surface area contributed by atoms with Crippen molar-refractivity contribution in [1.82, 2.24) is 14.9 Å². The number of esters is 1. The number of hydrogen-bond acceptors (Lipinski definition) is 8. The summed E-state index contributed by atoms with van der Waals surface area (Å²) in [6, 6.07) is 14.1. The summed E-state index contributed by atoms with van der Waals surface area (Å²) >= 11 is 1.15. The number of aromatic nitrogens is 3. The third-order valence-corrected chi connectivity index (χ3v) is 4.61. The summed E-state index contributed by atoms with van der Waals surface area (Å²) in [4.78, 5) is 12.1. The Morgan fingerprint density at radius 2 is 1.68 bits per heavy atom. The van der Waals surface area contributed by atoms with Gasteiger partial charge in [0, 0.05) is 5.56 Å². The van der Waals surface area contributed by atoms with Crippen molar-refractivity contribution in [2.24, 2.45) is 0 Å². The molecule has 0 unspecified atom stereocenters. The van der Waals surface area contributed by atoms with Crippen molar-refractivity contribution in [1.29, 1.82) is 0 Å². The molecule has 3 aromatic rings. The number of carbonyl (C=O) groups excluding carboxylic acids is 1. The predicted octanol–water partition coefficient (Wildman–Crippen LogP) is 2.76. The van der Waals surface area contributed by atoms with Crippen LogP contribution in [0.5, 0.6) is 17.2 Å². The van der Waals surface area contributed by atoms with Gasteiger partial charge in [0.2, 0.25) is 5.16 Å². The largest absolute Gasteiger partial charge is 0.497 e. The maximum Gasteiger partial charge on any atom is 0.321 e. The molecule has 0 amide bonds. The highest BCUT2D eigenvalue weighted by atomic mass is 32.2. The summed E-state index contributed by atoms with van der Waals surface area (Å²) in [5.74, 6) is 8.09. The normalized spacial score (nSPS) is 10.5. The molecule has 0 fully saturated rings. The minimum atomic E-state index is -0.414. The van der Waals surface area contributed by atoms with Gasteiger partial charge >= 0.3 is 5.97 Å². The number of nitrogens with two attached hydrogens (primary N) is 1. The first-order valence-electron chi connectivity index (χ1n) is 8.52. The second-order valence-electron chi connectivity index (χ2n) is 5.57. The van der Waals surface area contributed by atoms with Crippen molar-refractivity contribution in [3.05, 3.63) is 48.5 Å². The van der Waals surface area contributed by atoms with E-state index in [1.165, 1.54) is 4.68 Å². The van der Waals surface area contributed by atoms with E-state index < -0.39 is 5.97 Å². The smallest absolute Gasteiger partial charge is 0.321 e. The zero-order valence-corrected chi connectivity index (χ0v) is 16.3. The first kappa shape index (κ1) is 19.6. The number of hydrogen-bond donors (Lipinski definition) is 1. The van der Waals surface area contributed by atoms with Crippen LogP contribution in [0.3, 0.4) is 0 Å². The number of nitrogens with zero attached hydrogens (tertiary/aromatic N) is 3. The second-order valence-corrected chi connectivity index (χ2v) is 6.51. The van der Waals surface area contributed by atoms with E-state index in [2.05, 4.69) is 10.2 Å². The van der Waals surface area contributed by atoms with Crippen LogP contribution in [-0.4, -0.2) is 40.3 Å². The minimum absolute atomic E-state index is 0.0468. The molecular weight excluding hydrogens is 380 g/mol. The van der Waals surface area contributed by atoms with Gasteiger partial charge < -0.3 is 20.1 Å². The van der Waals surface area contributed by atoms with E-state index in [4.69, 9.17) is 20.1 Å². The number of nitrogen functional groups attached to an aromatic ring is 1. The molecule has 1 aromatic heterocycles. The van der Waals surface area contributed by atoms with Gasteiger partial charge in [-0.15, -0.1) is 10.2 Å². The third-order valence-electron chi connectivity index (χ3n) is 3.70. The van der Waals surface area contributed by atoms with Crippen molar-refractivity contribution in [3.8, 4) is 28.6 Å². The van der Waals surface area contributed by atoms with Gasteiger partial charge in [-0.25, -0.2) is 4.68 Å². The average Bonchev–Trinajstić information content (AvgIpc) is 3.08. The fourth-order valence-electron chi connectivity index (χ4n) is 2.37. The number of benzene rings is 2. The molecule has 0 bridgehead atoms. The van der Waals surface area contributed by atoms with Gasteiger partial charge in [-0.1, -0.05) is 11.8 Å². The Balaban J connectivity index is 1.58. The summed E-state index contributed by atoms with van der Waals surface area (Å²) < 4.78 is 17.1. The highest BCUT2D eigenvalue weighted by Crippen LogP contribution is 2.24. The quantitative estimate of drug-likeness (QED) is 0.267. The molecule has 9 heteroatoms. The molecule has 0 radical (unpaired) electrons. The number of carbonyl (C=O) groups is 1. The summed E-state index contributed by atoms with van der Waals surface area (Å²) in [5, 5.41) is 8.54. The van der Waals surface area contributed by atoms with Crippen LogP contribution in [0.1, 0.15) is 6.92 Å². The van der Waals surface area contributed by atoms with E-state index in [-0.39, 0.29) is 5.75 Å². The van der Waals surface area contributed by atoms with Gasteiger partial charge in [0.05, 0.1) is 19.5 Å². The second kappa shape index (κ2) is 9.14. The van der Waals surface area contributed by atoms with Crippen molar-refractivity contribution in [2.45, 2.75) is 12.1 Å². The maximum absolute atomic E-state index is 12.1. The SMILES string of the molecule is CCOc1ccc(OC(=O)CSc2nnc(-c3ccc(OC)cc3)n2N)cc1. The molecule has 0 aliphatic heterocycles. The van der Waals surface area contributed by atoms with Crippen molar-refractivity contribution >= 4 is 17.7 Å². The molecule has 0 saturated heterocycles. The highest BCUT2D eigenvalue weighted by molar-refractivity contribution is 7.99. The molecule has 1 heterocycles. The van der Waals surface area contributed by atoms with E-state index in [1.807, 2.05) is 31.2 Å². The van der Waals surface area contributed by atoms with Crippen LogP contribution in [0.4, 0.5) is 0 Å². The van der Waals surface area contributed by atoms with Crippen molar-refractivity contribution < 1.29 is 19.0 Å². The summed E-state index contributed by atoms with van der Waals surface area (Å²) in [5.41, 5.74) is 0.791. The number of thioether (sulfide) groups is 1. The zero-order chi connectivity index (χ0) is 19.9. The Bertz CT molecular complexity index is 926. The van der Waals surface area contributed by atoms with Crippen LogP contribution in [0.25, 0.3) is 11.4 Å². The summed E-state index contributed by atoms with van der Waals surface area (Å²) in [6.45, 7) is 2.48. The Morgan fingerprint density at radius 1 is 1.04 bits per heavy atom. The predicted molar refractivity (Wildman–Crippen MR) is 106 cm³/mol. The molecule has 2 aromatic carbocycles. The zero-order valence-electron chi connectivity index (χ0n) is 15.5. The molecule has 2 N–H and O–H groups in total. The van der Waals surface area contributed by atoms with Gasteiger partial charge in [-0.3, -0.25) is 4.79 Å². The Morgan fingerprint density at radius 3 is 2.32 bits per heavy atom. The first-order chi connectivity index (χ1) is 13.6. The summed E-state index contributed by atoms with van der Waals surface area (Å²) in [7, 11) is 1.60. The highest BCUT2D eigenvalue weighted by Gasteiger charge is 2.15. The van der Waals surface area contributed by atoms with Gasteiger partial charge in [0.15, 0.2) is 5.82 Å². The molecule has 0 atom stereocenters. The van der Waals surface area contributed by atoms with E-state index in [1.54, 1.807) is 31.4 Å². The van der Waals surface area contributed by atoms with Gasteiger partial charge in [-0.2, -0.15) is 0 Å². The molecule has 0 saturated carbocycles. The third kappa shape index (κ3) is 4.74. The van der Waals surface area contributed by atoms with Crippen LogP contribution in [0, 0.1) is 0 Å². The fraction of sp³-hybridized carbons (Fsp3) is 0.211. The summed E-state index contributed by atoms with van der Waals surface area (Å²) in [6.07, 6.45) is 0. The molecule has 146 valence electrons. The topological polar surface area (TPSA) is 101 Å². The van der Waals surface area contributed by atoms with Crippen molar-refractivity contribution in [2.75, 3.05) is 25.3 Å². The Labute approximate surface area is 166 Å². The molecule has 28 heavy (non-hydrogen) atoms. The van der Waals surface area contributed by atoms with Crippen LogP contribution in [0.2, 0.25) is 0 Å². The molecule has 0 spiro atoms. The maximum atomic E-state index is 12.1. The van der Waals surface area contributed by atoms with Gasteiger partial charge in [0.25, 0.3) is 0 Å². The number of methoxy groups -OCH3 is 1. The van der Waals surface area contributed by atoms with Crippen molar-refractivity contribution in [3.63, 3.8) is 0 Å². The van der Waals surface area contributed by atoms with Crippen LogP contribution in [0.15, 0.2) is 53.7 Å². The molecule has 8 nitrogen and oxygen atoms in total. The fourth-order valence-corrected chi connectivity index (χ4v) is 3.00. The van der Waals surface area contributed by atoms with Crippen LogP contribution >= 0.6 is 11.8 Å². The van der Waals surface area contributed by atoms with Crippen LogP contribution in [-0.2, 0) is 4.79 Å². The molecular formula is C19H20N4O4S. The van der Waals surface area contributed by atoms with Gasteiger partial charge in [0.1, 0.15) is 17.2 Å². The van der Waals surface area contributed by atoms with E-state index in [9.17, 15) is 4.79 Å². The molecule has 3 rings (SSSR count). The lowest BCUT2D eigenvalue weighted by Crippen LogP contribution is -2.14.